The number of hydrogen-bond donors (Lipinski definition) is 0. The van der Waals surface area contributed by atoms with Crippen molar-refractivity contribution in [2.24, 2.45) is 0 Å². The van der Waals surface area contributed by atoms with Crippen molar-refractivity contribution in [3.63, 3.8) is 0 Å². The second kappa shape index (κ2) is 6.09. The minimum Gasteiger partial charge on any atom is -0.461 e. The van der Waals surface area contributed by atoms with Crippen LogP contribution in [-0.4, -0.2) is 57.2 Å². The SMILES string of the molecule is CN1Cc2nnc(-c3ccco3)n2C2(CCN(C(=O)c3ccco3)CC2)C1. The molecule has 5 rings (SSSR count). The van der Waals surface area contributed by atoms with Crippen LogP contribution in [0.4, 0.5) is 0 Å². The van der Waals surface area contributed by atoms with Gasteiger partial charge in [-0.25, -0.2) is 0 Å². The fourth-order valence-corrected chi connectivity index (χ4v) is 4.42. The number of nitrogens with zero attached hydrogens (tertiary/aromatic N) is 5. The predicted octanol–water partition coefficient (Wildman–Crippen LogP) is 2.21. The molecule has 3 aromatic rings. The standard InChI is InChI=1S/C19H21N5O3/c1-22-12-16-20-21-17(14-4-2-10-26-14)24(16)19(13-22)6-8-23(9-7-19)18(25)15-5-3-11-27-15/h2-5,10-11H,6-9,12-13H2,1H3. The summed E-state index contributed by atoms with van der Waals surface area (Å²) in [5.74, 6) is 2.80. The molecule has 0 radical (unpaired) electrons. The Kier molecular flexibility index (Phi) is 3.68. The summed E-state index contributed by atoms with van der Waals surface area (Å²) in [6.45, 7) is 2.99. The van der Waals surface area contributed by atoms with Crippen LogP contribution >= 0.6 is 0 Å². The lowest BCUT2D eigenvalue weighted by molar-refractivity contribution is 0.0388. The molecule has 8 nitrogen and oxygen atoms in total. The fraction of sp³-hybridized carbons (Fsp3) is 0.421. The second-order valence-electron chi connectivity index (χ2n) is 7.42. The van der Waals surface area contributed by atoms with E-state index >= 15 is 0 Å². The number of fused-ring (bicyclic) bond motifs is 2. The Hall–Kier alpha value is -2.87. The van der Waals surface area contributed by atoms with Gasteiger partial charge in [0.05, 0.1) is 24.6 Å². The summed E-state index contributed by atoms with van der Waals surface area (Å²) in [5, 5.41) is 8.84. The molecule has 1 spiro atoms. The van der Waals surface area contributed by atoms with Gasteiger partial charge in [-0.05, 0) is 44.2 Å². The number of carbonyl (C=O) groups excluding carboxylic acids is 1. The molecule has 0 atom stereocenters. The summed E-state index contributed by atoms with van der Waals surface area (Å²) in [6, 6.07) is 7.24. The van der Waals surface area contributed by atoms with Crippen LogP contribution in [0.3, 0.4) is 0 Å². The van der Waals surface area contributed by atoms with Crippen LogP contribution in [-0.2, 0) is 12.1 Å². The summed E-state index contributed by atoms with van der Waals surface area (Å²) < 4.78 is 13.1. The van der Waals surface area contributed by atoms with E-state index in [1.807, 2.05) is 17.0 Å². The lowest BCUT2D eigenvalue weighted by Crippen LogP contribution is -2.56. The van der Waals surface area contributed by atoms with Gasteiger partial charge in [0.15, 0.2) is 17.3 Å². The van der Waals surface area contributed by atoms with E-state index < -0.39 is 0 Å². The molecule has 0 bridgehead atoms. The fourth-order valence-electron chi connectivity index (χ4n) is 4.42. The van der Waals surface area contributed by atoms with Crippen molar-refractivity contribution in [1.82, 2.24) is 24.6 Å². The molecule has 0 aliphatic carbocycles. The summed E-state index contributed by atoms with van der Waals surface area (Å²) in [7, 11) is 2.10. The molecule has 2 aliphatic heterocycles. The molecule has 140 valence electrons. The number of likely N-dealkylation sites (N-methyl/N-ethyl adjacent to an activating group) is 1. The van der Waals surface area contributed by atoms with Crippen molar-refractivity contribution in [3.8, 4) is 11.6 Å². The minimum absolute atomic E-state index is 0.0470. The Morgan fingerprint density at radius 2 is 1.89 bits per heavy atom. The third-order valence-corrected chi connectivity index (χ3v) is 5.63. The molecule has 0 N–H and O–H groups in total. The van der Waals surface area contributed by atoms with Gasteiger partial charge in [0.1, 0.15) is 5.82 Å². The first-order valence-electron chi connectivity index (χ1n) is 9.16. The Morgan fingerprint density at radius 1 is 1.11 bits per heavy atom. The van der Waals surface area contributed by atoms with Gasteiger partial charge < -0.3 is 13.7 Å². The zero-order chi connectivity index (χ0) is 18.4. The zero-order valence-electron chi connectivity index (χ0n) is 15.2. The molecule has 0 aromatic carbocycles. The molecule has 27 heavy (non-hydrogen) atoms. The highest BCUT2D eigenvalue weighted by Crippen LogP contribution is 2.39. The lowest BCUT2D eigenvalue weighted by Gasteiger charge is -2.47. The summed E-state index contributed by atoms with van der Waals surface area (Å²) in [4.78, 5) is 16.8. The van der Waals surface area contributed by atoms with E-state index in [0.29, 0.717) is 18.8 Å². The molecule has 0 unspecified atom stereocenters. The molecule has 5 heterocycles. The third-order valence-electron chi connectivity index (χ3n) is 5.63. The van der Waals surface area contributed by atoms with Gasteiger partial charge in [-0.3, -0.25) is 14.3 Å². The number of likely N-dealkylation sites (tertiary alicyclic amines) is 1. The summed E-state index contributed by atoms with van der Waals surface area (Å²) in [6.07, 6.45) is 4.86. The maximum Gasteiger partial charge on any atom is 0.289 e. The second-order valence-corrected chi connectivity index (χ2v) is 7.42. The first-order valence-corrected chi connectivity index (χ1v) is 9.16. The van der Waals surface area contributed by atoms with Crippen LogP contribution in [0, 0.1) is 0 Å². The highest BCUT2D eigenvalue weighted by molar-refractivity contribution is 5.91. The van der Waals surface area contributed by atoms with Gasteiger partial charge >= 0.3 is 0 Å². The summed E-state index contributed by atoms with van der Waals surface area (Å²) in [5.41, 5.74) is -0.145. The van der Waals surface area contributed by atoms with Gasteiger partial charge in [-0.15, -0.1) is 10.2 Å². The average molecular weight is 367 g/mol. The Bertz CT molecular complexity index is 936. The molecule has 3 aromatic heterocycles. The van der Waals surface area contributed by atoms with Gasteiger partial charge in [0.25, 0.3) is 5.91 Å². The highest BCUT2D eigenvalue weighted by Gasteiger charge is 2.44. The van der Waals surface area contributed by atoms with Gasteiger partial charge in [-0.1, -0.05) is 0 Å². The molecule has 1 amide bonds. The van der Waals surface area contributed by atoms with E-state index in [4.69, 9.17) is 8.83 Å². The van der Waals surface area contributed by atoms with Crippen LogP contribution in [0.1, 0.15) is 29.2 Å². The van der Waals surface area contributed by atoms with Crippen molar-refractivity contribution in [2.45, 2.75) is 24.9 Å². The van der Waals surface area contributed by atoms with Crippen LogP contribution in [0.15, 0.2) is 45.6 Å². The maximum atomic E-state index is 12.6. The Morgan fingerprint density at radius 3 is 2.59 bits per heavy atom. The maximum absolute atomic E-state index is 12.6. The smallest absolute Gasteiger partial charge is 0.289 e. The number of rotatable bonds is 2. The van der Waals surface area contributed by atoms with Gasteiger partial charge in [0, 0.05) is 19.6 Å². The number of aromatic nitrogens is 3. The van der Waals surface area contributed by atoms with Crippen LogP contribution in [0.5, 0.6) is 0 Å². The number of piperidine rings is 1. The Labute approximate surface area is 156 Å². The van der Waals surface area contributed by atoms with E-state index in [1.54, 1.807) is 18.4 Å². The van der Waals surface area contributed by atoms with E-state index in [0.717, 1.165) is 43.3 Å². The molecule has 2 aliphatic rings. The van der Waals surface area contributed by atoms with Crippen LogP contribution < -0.4 is 0 Å². The third kappa shape index (κ3) is 2.59. The lowest BCUT2D eigenvalue weighted by atomic mass is 9.84. The average Bonchev–Trinajstić information content (AvgIpc) is 3.42. The number of carbonyl (C=O) groups is 1. The van der Waals surface area contributed by atoms with E-state index in [1.165, 1.54) is 6.26 Å². The topological polar surface area (TPSA) is 80.5 Å². The predicted molar refractivity (Wildman–Crippen MR) is 95.9 cm³/mol. The van der Waals surface area contributed by atoms with Crippen molar-refractivity contribution >= 4 is 5.91 Å². The monoisotopic (exact) mass is 367 g/mol. The molecule has 1 saturated heterocycles. The van der Waals surface area contributed by atoms with Crippen LogP contribution in [0.25, 0.3) is 11.6 Å². The van der Waals surface area contributed by atoms with Crippen molar-refractivity contribution < 1.29 is 13.6 Å². The number of amides is 1. The van der Waals surface area contributed by atoms with Crippen molar-refractivity contribution in [3.05, 3.63) is 48.4 Å². The van der Waals surface area contributed by atoms with Crippen molar-refractivity contribution in [2.75, 3.05) is 26.7 Å². The van der Waals surface area contributed by atoms with E-state index in [2.05, 4.69) is 26.7 Å². The first-order chi connectivity index (χ1) is 13.2. The van der Waals surface area contributed by atoms with Gasteiger partial charge in [0.2, 0.25) is 0 Å². The largest absolute Gasteiger partial charge is 0.461 e. The molecule has 8 heteroatoms. The Balaban J connectivity index is 1.46. The van der Waals surface area contributed by atoms with Crippen molar-refractivity contribution in [1.29, 1.82) is 0 Å². The van der Waals surface area contributed by atoms with E-state index in [9.17, 15) is 4.79 Å². The number of furan rings is 2. The van der Waals surface area contributed by atoms with E-state index in [-0.39, 0.29) is 11.4 Å². The molecular formula is C19H21N5O3. The number of hydrogen-bond acceptors (Lipinski definition) is 6. The highest BCUT2D eigenvalue weighted by atomic mass is 16.3. The first kappa shape index (κ1) is 16.3. The van der Waals surface area contributed by atoms with Crippen LogP contribution in [0.2, 0.25) is 0 Å². The zero-order valence-corrected chi connectivity index (χ0v) is 15.2. The van der Waals surface area contributed by atoms with Gasteiger partial charge in [-0.2, -0.15) is 0 Å². The molecule has 0 saturated carbocycles. The quantitative estimate of drug-likeness (QED) is 0.691. The normalized spacial score (nSPS) is 19.4. The minimum atomic E-state index is -0.145. The molecule has 1 fully saturated rings. The molecular weight excluding hydrogens is 346 g/mol. The summed E-state index contributed by atoms with van der Waals surface area (Å²) >= 11 is 0.